The van der Waals surface area contributed by atoms with Crippen LogP contribution in [0.2, 0.25) is 0 Å². The zero-order chi connectivity index (χ0) is 12.7. The van der Waals surface area contributed by atoms with Crippen LogP contribution in [-0.2, 0) is 0 Å². The van der Waals surface area contributed by atoms with Crippen molar-refractivity contribution in [2.75, 3.05) is 20.8 Å². The van der Waals surface area contributed by atoms with E-state index < -0.39 is 6.04 Å². The summed E-state index contributed by atoms with van der Waals surface area (Å²) >= 11 is 0. The summed E-state index contributed by atoms with van der Waals surface area (Å²) in [6, 6.07) is 6.80. The minimum absolute atomic E-state index is 0.359. The van der Waals surface area contributed by atoms with E-state index in [0.717, 1.165) is 0 Å². The largest absolute Gasteiger partial charge is 0.493 e. The minimum atomic E-state index is -0.508. The SMILES string of the molecule is COc1cccc(OCCC(N)C#N)c1OC. The van der Waals surface area contributed by atoms with Gasteiger partial charge in [-0.3, -0.25) is 0 Å². The molecule has 0 saturated heterocycles. The molecule has 1 aromatic rings. The molecule has 0 aliphatic rings. The Morgan fingerprint density at radius 3 is 2.59 bits per heavy atom. The molecule has 0 saturated carbocycles. The lowest BCUT2D eigenvalue weighted by atomic mass is 10.2. The van der Waals surface area contributed by atoms with Crippen LogP contribution in [0, 0.1) is 11.3 Å². The summed E-state index contributed by atoms with van der Waals surface area (Å²) < 4.78 is 15.9. The molecule has 0 heterocycles. The van der Waals surface area contributed by atoms with Crippen LogP contribution in [0.1, 0.15) is 6.42 Å². The van der Waals surface area contributed by atoms with Crippen molar-refractivity contribution in [2.45, 2.75) is 12.5 Å². The van der Waals surface area contributed by atoms with Crippen LogP contribution in [0.4, 0.5) is 0 Å². The fourth-order valence-corrected chi connectivity index (χ4v) is 1.33. The second-order valence-corrected chi connectivity index (χ2v) is 3.36. The Balaban J connectivity index is 2.68. The summed E-state index contributed by atoms with van der Waals surface area (Å²) in [5.74, 6) is 1.73. The van der Waals surface area contributed by atoms with Crippen LogP contribution < -0.4 is 19.9 Å². The molecule has 1 rings (SSSR count). The van der Waals surface area contributed by atoms with Gasteiger partial charge in [0.05, 0.1) is 32.9 Å². The van der Waals surface area contributed by atoms with Gasteiger partial charge in [0.25, 0.3) is 0 Å². The van der Waals surface area contributed by atoms with E-state index in [1.165, 1.54) is 0 Å². The Labute approximate surface area is 101 Å². The maximum absolute atomic E-state index is 8.54. The number of nitrogens with two attached hydrogens (primary N) is 1. The van der Waals surface area contributed by atoms with Gasteiger partial charge in [0, 0.05) is 6.42 Å². The van der Waals surface area contributed by atoms with Gasteiger partial charge in [-0.05, 0) is 12.1 Å². The van der Waals surface area contributed by atoms with E-state index in [-0.39, 0.29) is 0 Å². The highest BCUT2D eigenvalue weighted by Gasteiger charge is 2.10. The zero-order valence-corrected chi connectivity index (χ0v) is 9.97. The Hall–Kier alpha value is -1.93. The van der Waals surface area contributed by atoms with E-state index in [9.17, 15) is 0 Å². The first-order valence-corrected chi connectivity index (χ1v) is 5.22. The van der Waals surface area contributed by atoms with Crippen molar-refractivity contribution < 1.29 is 14.2 Å². The highest BCUT2D eigenvalue weighted by molar-refractivity contribution is 5.50. The maximum atomic E-state index is 8.54. The number of ether oxygens (including phenoxy) is 3. The number of hydrogen-bond acceptors (Lipinski definition) is 5. The first-order valence-electron chi connectivity index (χ1n) is 5.22. The van der Waals surface area contributed by atoms with Crippen molar-refractivity contribution in [3.05, 3.63) is 18.2 Å². The maximum Gasteiger partial charge on any atom is 0.203 e. The number of methoxy groups -OCH3 is 2. The van der Waals surface area contributed by atoms with E-state index in [4.69, 9.17) is 25.2 Å². The monoisotopic (exact) mass is 236 g/mol. The lowest BCUT2D eigenvalue weighted by Crippen LogP contribution is -2.20. The molecule has 2 N–H and O–H groups in total. The lowest BCUT2D eigenvalue weighted by molar-refractivity contribution is 0.277. The summed E-state index contributed by atoms with van der Waals surface area (Å²) in [7, 11) is 3.11. The van der Waals surface area contributed by atoms with Gasteiger partial charge in [-0.25, -0.2) is 0 Å². The third-order valence-corrected chi connectivity index (χ3v) is 2.22. The summed E-state index contributed by atoms with van der Waals surface area (Å²) in [5.41, 5.74) is 5.47. The van der Waals surface area contributed by atoms with E-state index in [2.05, 4.69) is 0 Å². The second kappa shape index (κ2) is 6.61. The molecular formula is C12H16N2O3. The molecule has 0 aliphatic heterocycles. The minimum Gasteiger partial charge on any atom is -0.493 e. The molecule has 0 aromatic heterocycles. The molecule has 1 atom stereocenters. The van der Waals surface area contributed by atoms with Gasteiger partial charge in [-0.1, -0.05) is 6.07 Å². The Kier molecular flexibility index (Phi) is 5.11. The van der Waals surface area contributed by atoms with Crippen LogP contribution in [0.3, 0.4) is 0 Å². The number of nitrogens with zero attached hydrogens (tertiary/aromatic N) is 1. The lowest BCUT2D eigenvalue weighted by Gasteiger charge is -2.13. The molecule has 92 valence electrons. The molecule has 5 heteroatoms. The first kappa shape index (κ1) is 13.1. The van der Waals surface area contributed by atoms with Crippen molar-refractivity contribution in [1.82, 2.24) is 0 Å². The van der Waals surface area contributed by atoms with E-state index >= 15 is 0 Å². The van der Waals surface area contributed by atoms with Crippen molar-refractivity contribution in [2.24, 2.45) is 5.73 Å². The zero-order valence-electron chi connectivity index (χ0n) is 9.97. The molecule has 0 spiro atoms. The summed E-state index contributed by atoms with van der Waals surface area (Å²) in [5, 5.41) is 8.54. The molecule has 0 amide bonds. The van der Waals surface area contributed by atoms with Gasteiger partial charge < -0.3 is 19.9 Å². The Morgan fingerprint density at radius 1 is 1.29 bits per heavy atom. The van der Waals surface area contributed by atoms with Gasteiger partial charge in [0.1, 0.15) is 0 Å². The summed E-state index contributed by atoms with van der Waals surface area (Å²) in [4.78, 5) is 0. The van der Waals surface area contributed by atoms with Gasteiger partial charge in [0.15, 0.2) is 11.5 Å². The number of hydrogen-bond donors (Lipinski definition) is 1. The smallest absolute Gasteiger partial charge is 0.203 e. The van der Waals surface area contributed by atoms with Gasteiger partial charge in [-0.15, -0.1) is 0 Å². The van der Waals surface area contributed by atoms with Crippen LogP contribution in [0.25, 0.3) is 0 Å². The number of para-hydroxylation sites is 1. The second-order valence-electron chi connectivity index (χ2n) is 3.36. The predicted octanol–water partition coefficient (Wildman–Crippen LogP) is 1.32. The van der Waals surface area contributed by atoms with Crippen LogP contribution in [0.5, 0.6) is 17.2 Å². The van der Waals surface area contributed by atoms with E-state index in [1.54, 1.807) is 32.4 Å². The molecule has 0 bridgehead atoms. The number of rotatable bonds is 6. The van der Waals surface area contributed by atoms with Gasteiger partial charge in [-0.2, -0.15) is 5.26 Å². The number of benzene rings is 1. The molecule has 1 unspecified atom stereocenters. The number of nitriles is 1. The molecule has 5 nitrogen and oxygen atoms in total. The topological polar surface area (TPSA) is 77.5 Å². The first-order chi connectivity index (χ1) is 8.22. The van der Waals surface area contributed by atoms with Crippen molar-refractivity contribution in [3.8, 4) is 23.3 Å². The highest BCUT2D eigenvalue weighted by atomic mass is 16.5. The Morgan fingerprint density at radius 2 is 2.00 bits per heavy atom. The van der Waals surface area contributed by atoms with Crippen LogP contribution in [0.15, 0.2) is 18.2 Å². The fraction of sp³-hybridized carbons (Fsp3) is 0.417. The average Bonchev–Trinajstić information content (AvgIpc) is 2.37. The third kappa shape index (κ3) is 3.54. The normalized spacial score (nSPS) is 11.4. The van der Waals surface area contributed by atoms with Crippen LogP contribution >= 0.6 is 0 Å². The molecule has 0 fully saturated rings. The van der Waals surface area contributed by atoms with E-state index in [0.29, 0.717) is 30.3 Å². The third-order valence-electron chi connectivity index (χ3n) is 2.22. The summed E-state index contributed by atoms with van der Waals surface area (Å²) in [6.45, 7) is 0.359. The molecule has 0 aliphatic carbocycles. The quantitative estimate of drug-likeness (QED) is 0.806. The van der Waals surface area contributed by atoms with Gasteiger partial charge >= 0.3 is 0 Å². The van der Waals surface area contributed by atoms with E-state index in [1.807, 2.05) is 6.07 Å². The van der Waals surface area contributed by atoms with Gasteiger partial charge in [0.2, 0.25) is 5.75 Å². The fourth-order valence-electron chi connectivity index (χ4n) is 1.33. The van der Waals surface area contributed by atoms with Crippen molar-refractivity contribution >= 4 is 0 Å². The van der Waals surface area contributed by atoms with Crippen molar-refractivity contribution in [1.29, 1.82) is 5.26 Å². The predicted molar refractivity (Wildman–Crippen MR) is 63.2 cm³/mol. The average molecular weight is 236 g/mol. The summed E-state index contributed by atoms with van der Waals surface area (Å²) in [6.07, 6.45) is 0.469. The van der Waals surface area contributed by atoms with Crippen LogP contribution in [-0.4, -0.2) is 26.9 Å². The molecule has 0 radical (unpaired) electrons. The molecule has 1 aromatic carbocycles. The molecule has 17 heavy (non-hydrogen) atoms. The molecular weight excluding hydrogens is 220 g/mol. The highest BCUT2D eigenvalue weighted by Crippen LogP contribution is 2.36. The Bertz CT molecular complexity index is 401. The van der Waals surface area contributed by atoms with Crippen molar-refractivity contribution in [3.63, 3.8) is 0 Å². The standard InChI is InChI=1S/C12H16N2O3/c1-15-10-4-3-5-11(12(10)16-2)17-7-6-9(14)8-13/h3-5,9H,6-7,14H2,1-2H3.